The number of para-hydroxylation sites is 1. The number of nitrogens with zero attached hydrogens (tertiary/aromatic N) is 4. The van der Waals surface area contributed by atoms with Crippen molar-refractivity contribution in [3.05, 3.63) is 23.8 Å². The van der Waals surface area contributed by atoms with Crippen LogP contribution in [0.3, 0.4) is 0 Å². The van der Waals surface area contributed by atoms with E-state index in [4.69, 9.17) is 5.73 Å². The molecule has 0 bridgehead atoms. The molecule has 0 atom stereocenters. The third-order valence-electron chi connectivity index (χ3n) is 3.93. The first-order valence-corrected chi connectivity index (χ1v) is 8.64. The fraction of sp³-hybridized carbons (Fsp3) is 0.462. The zero-order valence-electron chi connectivity index (χ0n) is 11.7. The third-order valence-corrected chi connectivity index (χ3v) is 5.64. The fourth-order valence-electron chi connectivity index (χ4n) is 2.61. The molecule has 2 heterocycles. The molecule has 0 unspecified atom stereocenters. The second kappa shape index (κ2) is 5.10. The summed E-state index contributed by atoms with van der Waals surface area (Å²) in [7, 11) is -2.91. The predicted molar refractivity (Wildman–Crippen MR) is 79.3 cm³/mol. The lowest BCUT2D eigenvalue weighted by Crippen LogP contribution is -2.26. The monoisotopic (exact) mass is 307 g/mol. The Morgan fingerprint density at radius 2 is 2.00 bits per heavy atom. The lowest BCUT2D eigenvalue weighted by molar-refractivity contribution is 0.408. The van der Waals surface area contributed by atoms with Gasteiger partial charge in [-0.05, 0) is 41.8 Å². The summed E-state index contributed by atoms with van der Waals surface area (Å²) in [5.41, 5.74) is 8.51. The minimum absolute atomic E-state index is 0.00145. The van der Waals surface area contributed by atoms with E-state index < -0.39 is 9.84 Å². The van der Waals surface area contributed by atoms with E-state index in [1.807, 2.05) is 25.1 Å². The number of nitrogens with two attached hydrogens (primary N) is 1. The van der Waals surface area contributed by atoms with E-state index in [9.17, 15) is 8.42 Å². The van der Waals surface area contributed by atoms with Gasteiger partial charge in [0.05, 0.1) is 17.5 Å². The van der Waals surface area contributed by atoms with Crippen molar-refractivity contribution in [2.45, 2.75) is 25.8 Å². The molecule has 1 aliphatic heterocycles. The van der Waals surface area contributed by atoms with Crippen LogP contribution in [0, 0.1) is 6.92 Å². The molecule has 2 N–H and O–H groups in total. The van der Waals surface area contributed by atoms with E-state index >= 15 is 0 Å². The molecule has 112 valence electrons. The average Bonchev–Trinajstić information content (AvgIpc) is 2.91. The smallest absolute Gasteiger partial charge is 0.184 e. The molecule has 0 spiro atoms. The van der Waals surface area contributed by atoms with Gasteiger partial charge in [0, 0.05) is 11.3 Å². The Labute approximate surface area is 123 Å². The molecule has 0 aliphatic carbocycles. The van der Waals surface area contributed by atoms with Crippen molar-refractivity contribution >= 4 is 15.5 Å². The van der Waals surface area contributed by atoms with Gasteiger partial charge in [0.15, 0.2) is 5.82 Å². The molecule has 21 heavy (non-hydrogen) atoms. The molecule has 1 saturated heterocycles. The number of aryl methyl sites for hydroxylation is 1. The highest BCUT2D eigenvalue weighted by Gasteiger charge is 2.28. The number of sulfone groups is 1. The van der Waals surface area contributed by atoms with Crippen molar-refractivity contribution < 1.29 is 8.42 Å². The second-order valence-corrected chi connectivity index (χ2v) is 7.67. The number of nitrogen functional groups attached to an aromatic ring is 1. The molecular weight excluding hydrogens is 290 g/mol. The van der Waals surface area contributed by atoms with Gasteiger partial charge < -0.3 is 5.73 Å². The predicted octanol–water partition coefficient (Wildman–Crippen LogP) is 0.980. The quantitative estimate of drug-likeness (QED) is 0.829. The first kappa shape index (κ1) is 14.0. The molecule has 3 rings (SSSR count). The zero-order valence-corrected chi connectivity index (χ0v) is 12.5. The number of anilines is 1. The van der Waals surface area contributed by atoms with Gasteiger partial charge in [-0.25, -0.2) is 13.1 Å². The summed E-state index contributed by atoms with van der Waals surface area (Å²) in [5.74, 6) is 0.959. The number of tetrazole rings is 1. The van der Waals surface area contributed by atoms with Crippen LogP contribution in [0.15, 0.2) is 18.2 Å². The SMILES string of the molecule is Cc1cccc(-c2nnnn2C2CCS(=O)(=O)CC2)c1N. The van der Waals surface area contributed by atoms with E-state index in [1.54, 1.807) is 4.68 Å². The van der Waals surface area contributed by atoms with Gasteiger partial charge >= 0.3 is 0 Å². The van der Waals surface area contributed by atoms with E-state index in [0.29, 0.717) is 24.4 Å². The summed E-state index contributed by atoms with van der Waals surface area (Å²) in [4.78, 5) is 0. The fourth-order valence-corrected chi connectivity index (χ4v) is 4.08. The standard InChI is InChI=1S/C13H17N5O2S/c1-9-3-2-4-11(12(9)14)13-15-16-17-18(13)10-5-7-21(19,20)8-6-10/h2-4,10H,5-8,14H2,1H3. The summed E-state index contributed by atoms with van der Waals surface area (Å²) in [6, 6.07) is 5.72. The highest BCUT2D eigenvalue weighted by atomic mass is 32.2. The maximum atomic E-state index is 11.5. The maximum Gasteiger partial charge on any atom is 0.184 e. The normalized spacial score (nSPS) is 18.7. The Hall–Kier alpha value is -1.96. The maximum absolute atomic E-state index is 11.5. The lowest BCUT2D eigenvalue weighted by atomic mass is 10.1. The Bertz CT molecular complexity index is 755. The largest absolute Gasteiger partial charge is 0.398 e. The molecule has 1 fully saturated rings. The Kier molecular flexibility index (Phi) is 3.40. The van der Waals surface area contributed by atoms with Crippen molar-refractivity contribution in [1.82, 2.24) is 20.2 Å². The van der Waals surface area contributed by atoms with Crippen LogP contribution < -0.4 is 5.73 Å². The number of hydrogen-bond acceptors (Lipinski definition) is 6. The van der Waals surface area contributed by atoms with Gasteiger partial charge in [0.1, 0.15) is 9.84 Å². The minimum atomic E-state index is -2.91. The van der Waals surface area contributed by atoms with E-state index in [1.165, 1.54) is 0 Å². The summed E-state index contributed by atoms with van der Waals surface area (Å²) in [5, 5.41) is 11.9. The second-order valence-electron chi connectivity index (χ2n) is 5.37. The highest BCUT2D eigenvalue weighted by Crippen LogP contribution is 2.31. The third kappa shape index (κ3) is 2.63. The summed E-state index contributed by atoms with van der Waals surface area (Å²) in [6.45, 7) is 1.93. The lowest BCUT2D eigenvalue weighted by Gasteiger charge is -2.22. The van der Waals surface area contributed by atoms with Crippen molar-refractivity contribution in [3.63, 3.8) is 0 Å². The molecule has 1 aliphatic rings. The first-order chi connectivity index (χ1) is 9.98. The number of benzene rings is 1. The van der Waals surface area contributed by atoms with Gasteiger partial charge in [-0.3, -0.25) is 0 Å². The molecule has 0 saturated carbocycles. The van der Waals surface area contributed by atoms with Crippen LogP contribution in [0.4, 0.5) is 5.69 Å². The Morgan fingerprint density at radius 3 is 2.71 bits per heavy atom. The van der Waals surface area contributed by atoms with Crippen LogP contribution in [-0.2, 0) is 9.84 Å². The number of hydrogen-bond donors (Lipinski definition) is 1. The van der Waals surface area contributed by atoms with Crippen molar-refractivity contribution in [3.8, 4) is 11.4 Å². The van der Waals surface area contributed by atoms with Crippen molar-refractivity contribution in [2.24, 2.45) is 0 Å². The topological polar surface area (TPSA) is 104 Å². The average molecular weight is 307 g/mol. The summed E-state index contributed by atoms with van der Waals surface area (Å²) in [6.07, 6.45) is 1.07. The van der Waals surface area contributed by atoms with Gasteiger partial charge in [-0.15, -0.1) is 5.10 Å². The molecule has 1 aromatic carbocycles. The first-order valence-electron chi connectivity index (χ1n) is 6.82. The molecule has 1 aromatic heterocycles. The van der Waals surface area contributed by atoms with Gasteiger partial charge in [-0.1, -0.05) is 12.1 Å². The Balaban J connectivity index is 1.97. The molecule has 0 amide bonds. The van der Waals surface area contributed by atoms with Crippen LogP contribution in [0.5, 0.6) is 0 Å². The zero-order chi connectivity index (χ0) is 15.0. The van der Waals surface area contributed by atoms with Crippen LogP contribution in [0.1, 0.15) is 24.4 Å². The van der Waals surface area contributed by atoms with E-state index in [0.717, 1.165) is 11.1 Å². The molecular formula is C13H17N5O2S. The van der Waals surface area contributed by atoms with Crippen LogP contribution in [-0.4, -0.2) is 40.1 Å². The van der Waals surface area contributed by atoms with E-state index in [2.05, 4.69) is 15.5 Å². The van der Waals surface area contributed by atoms with Gasteiger partial charge in [-0.2, -0.15) is 0 Å². The van der Waals surface area contributed by atoms with Gasteiger partial charge in [0.25, 0.3) is 0 Å². The van der Waals surface area contributed by atoms with Crippen molar-refractivity contribution in [2.75, 3.05) is 17.2 Å². The van der Waals surface area contributed by atoms with Crippen molar-refractivity contribution in [1.29, 1.82) is 0 Å². The molecule has 2 aromatic rings. The van der Waals surface area contributed by atoms with Crippen LogP contribution >= 0.6 is 0 Å². The molecule has 8 heteroatoms. The number of rotatable bonds is 2. The molecule has 0 radical (unpaired) electrons. The summed E-state index contributed by atoms with van der Waals surface area (Å²) >= 11 is 0. The highest BCUT2D eigenvalue weighted by molar-refractivity contribution is 7.91. The number of aromatic nitrogens is 4. The van der Waals surface area contributed by atoms with Crippen LogP contribution in [0.25, 0.3) is 11.4 Å². The minimum Gasteiger partial charge on any atom is -0.398 e. The molecule has 7 nitrogen and oxygen atoms in total. The Morgan fingerprint density at radius 1 is 1.29 bits per heavy atom. The summed E-state index contributed by atoms with van der Waals surface area (Å²) < 4.78 is 24.8. The van der Waals surface area contributed by atoms with Gasteiger partial charge in [0.2, 0.25) is 0 Å². The van der Waals surface area contributed by atoms with Crippen LogP contribution in [0.2, 0.25) is 0 Å². The van der Waals surface area contributed by atoms with E-state index in [-0.39, 0.29) is 17.5 Å².